The molecule has 128 valence electrons. The molecule has 0 fully saturated rings. The zero-order valence-corrected chi connectivity index (χ0v) is 14.7. The van der Waals surface area contributed by atoms with Crippen LogP contribution in [0.25, 0.3) is 10.9 Å². The number of para-hydroxylation sites is 1. The number of nitrogens with one attached hydrogen (secondary N) is 1. The highest BCUT2D eigenvalue weighted by atomic mass is 16.5. The van der Waals surface area contributed by atoms with Gasteiger partial charge < -0.3 is 10.1 Å². The summed E-state index contributed by atoms with van der Waals surface area (Å²) < 4.78 is 5.25. The van der Waals surface area contributed by atoms with Crippen LogP contribution in [0.15, 0.2) is 54.7 Å². The number of rotatable bonds is 5. The summed E-state index contributed by atoms with van der Waals surface area (Å²) >= 11 is 0. The topological polar surface area (TPSA) is 51.2 Å². The number of hydrogen-bond donors (Lipinski definition) is 1. The van der Waals surface area contributed by atoms with E-state index in [1.54, 1.807) is 18.3 Å². The van der Waals surface area contributed by atoms with Crippen LogP contribution in [0.3, 0.4) is 0 Å². The van der Waals surface area contributed by atoms with Crippen molar-refractivity contribution >= 4 is 28.2 Å². The third-order valence-corrected chi connectivity index (χ3v) is 3.92. The van der Waals surface area contributed by atoms with Crippen molar-refractivity contribution in [1.29, 1.82) is 0 Å². The number of nitrogens with zero attached hydrogens (tertiary/aromatic N) is 1. The monoisotopic (exact) mass is 334 g/mol. The first kappa shape index (κ1) is 17.0. The van der Waals surface area contributed by atoms with Crippen LogP contribution in [0.5, 0.6) is 0 Å². The molecule has 0 unspecified atom stereocenters. The minimum Gasteiger partial charge on any atom is -0.462 e. The molecule has 0 saturated heterocycles. The second kappa shape index (κ2) is 7.34. The third-order valence-electron chi connectivity index (χ3n) is 3.92. The van der Waals surface area contributed by atoms with Gasteiger partial charge >= 0.3 is 5.97 Å². The van der Waals surface area contributed by atoms with E-state index in [0.29, 0.717) is 18.1 Å². The predicted octanol–water partition coefficient (Wildman–Crippen LogP) is 5.10. The summed E-state index contributed by atoms with van der Waals surface area (Å²) in [5.41, 5.74) is 4.59. The Morgan fingerprint density at radius 1 is 1.12 bits per heavy atom. The number of ether oxygens (including phenoxy) is 1. The highest BCUT2D eigenvalue weighted by molar-refractivity contribution is 5.95. The van der Waals surface area contributed by atoms with Crippen LogP contribution in [-0.2, 0) is 4.74 Å². The summed E-state index contributed by atoms with van der Waals surface area (Å²) in [6.45, 7) is 6.51. The van der Waals surface area contributed by atoms with Crippen molar-refractivity contribution in [2.75, 3.05) is 11.9 Å². The Bertz CT molecular complexity index is 886. The van der Waals surface area contributed by atoms with E-state index in [1.165, 1.54) is 0 Å². The largest absolute Gasteiger partial charge is 0.462 e. The minimum atomic E-state index is -0.287. The molecule has 3 rings (SSSR count). The molecule has 4 heteroatoms. The first-order valence-corrected chi connectivity index (χ1v) is 8.43. The first-order valence-electron chi connectivity index (χ1n) is 8.43. The van der Waals surface area contributed by atoms with Gasteiger partial charge in [-0.25, -0.2) is 4.79 Å². The summed E-state index contributed by atoms with van der Waals surface area (Å²) in [5.74, 6) is 0.0403. The standard InChI is InChI=1S/C21H22N2O2/c1-14(2)13-25-21(24)16-7-9-17(10-8-16)23-19-11-12-22-20-15(3)5-4-6-18(19)20/h4-12,14H,13H2,1-3H3,(H,22,23). The zero-order chi connectivity index (χ0) is 17.8. The van der Waals surface area contributed by atoms with E-state index in [2.05, 4.69) is 29.4 Å². The lowest BCUT2D eigenvalue weighted by atomic mass is 10.1. The van der Waals surface area contributed by atoms with E-state index in [9.17, 15) is 4.79 Å². The number of aromatic nitrogens is 1. The molecule has 0 saturated carbocycles. The van der Waals surface area contributed by atoms with Crippen LogP contribution < -0.4 is 5.32 Å². The summed E-state index contributed by atoms with van der Waals surface area (Å²) in [4.78, 5) is 16.4. The molecule has 25 heavy (non-hydrogen) atoms. The fraction of sp³-hybridized carbons (Fsp3) is 0.238. The molecule has 0 bridgehead atoms. The number of pyridine rings is 1. The maximum absolute atomic E-state index is 12.0. The number of carbonyl (C=O) groups excluding carboxylic acids is 1. The van der Waals surface area contributed by atoms with E-state index < -0.39 is 0 Å². The number of esters is 1. The number of carbonyl (C=O) groups is 1. The second-order valence-electron chi connectivity index (χ2n) is 6.52. The lowest BCUT2D eigenvalue weighted by molar-refractivity contribution is 0.0459. The SMILES string of the molecule is Cc1cccc2c(Nc3ccc(C(=O)OCC(C)C)cc3)ccnc12. The molecule has 0 atom stereocenters. The molecule has 0 aliphatic rings. The minimum absolute atomic E-state index is 0.287. The maximum Gasteiger partial charge on any atom is 0.338 e. The quantitative estimate of drug-likeness (QED) is 0.660. The molecule has 1 aromatic heterocycles. The van der Waals surface area contributed by atoms with E-state index in [1.807, 2.05) is 38.1 Å². The Labute approximate surface area is 147 Å². The van der Waals surface area contributed by atoms with Crippen LogP contribution in [0.1, 0.15) is 29.8 Å². The number of hydrogen-bond acceptors (Lipinski definition) is 4. The van der Waals surface area contributed by atoms with Gasteiger partial charge in [0.05, 0.1) is 17.7 Å². The van der Waals surface area contributed by atoms with Crippen molar-refractivity contribution in [3.63, 3.8) is 0 Å². The summed E-state index contributed by atoms with van der Waals surface area (Å²) in [5, 5.41) is 4.47. The summed E-state index contributed by atoms with van der Waals surface area (Å²) in [6.07, 6.45) is 1.80. The molecule has 0 aliphatic carbocycles. The zero-order valence-electron chi connectivity index (χ0n) is 14.7. The van der Waals surface area contributed by atoms with Crippen molar-refractivity contribution in [2.24, 2.45) is 5.92 Å². The molecule has 2 aromatic carbocycles. The Hall–Kier alpha value is -2.88. The van der Waals surface area contributed by atoms with Crippen LogP contribution in [-0.4, -0.2) is 17.6 Å². The van der Waals surface area contributed by atoms with E-state index in [-0.39, 0.29) is 5.97 Å². The fourth-order valence-corrected chi connectivity index (χ4v) is 2.60. The first-order chi connectivity index (χ1) is 12.0. The number of benzene rings is 2. The van der Waals surface area contributed by atoms with Gasteiger partial charge in [0, 0.05) is 23.0 Å². The maximum atomic E-state index is 12.0. The molecular weight excluding hydrogens is 312 g/mol. The molecular formula is C21H22N2O2. The summed E-state index contributed by atoms with van der Waals surface area (Å²) in [7, 11) is 0. The molecule has 0 radical (unpaired) electrons. The third kappa shape index (κ3) is 3.97. The Morgan fingerprint density at radius 3 is 2.60 bits per heavy atom. The molecule has 1 N–H and O–H groups in total. The number of aryl methyl sites for hydroxylation is 1. The number of fused-ring (bicyclic) bond motifs is 1. The van der Waals surface area contributed by atoms with Crippen molar-refractivity contribution in [3.8, 4) is 0 Å². The van der Waals surface area contributed by atoms with Gasteiger partial charge in [-0.3, -0.25) is 4.98 Å². The average Bonchev–Trinajstić information content (AvgIpc) is 2.61. The Kier molecular flexibility index (Phi) is 4.98. The lowest BCUT2D eigenvalue weighted by Gasteiger charge is -2.11. The molecule has 1 heterocycles. The highest BCUT2D eigenvalue weighted by Gasteiger charge is 2.09. The van der Waals surface area contributed by atoms with E-state index >= 15 is 0 Å². The fourth-order valence-electron chi connectivity index (χ4n) is 2.60. The second-order valence-corrected chi connectivity index (χ2v) is 6.52. The van der Waals surface area contributed by atoms with Crippen LogP contribution in [0.4, 0.5) is 11.4 Å². The van der Waals surface area contributed by atoms with Gasteiger partial charge in [0.15, 0.2) is 0 Å². The van der Waals surface area contributed by atoms with Gasteiger partial charge in [-0.1, -0.05) is 32.0 Å². The van der Waals surface area contributed by atoms with E-state index in [0.717, 1.165) is 27.8 Å². The normalized spacial score (nSPS) is 10.9. The van der Waals surface area contributed by atoms with Crippen LogP contribution in [0, 0.1) is 12.8 Å². The van der Waals surface area contributed by atoms with E-state index in [4.69, 9.17) is 4.74 Å². The van der Waals surface area contributed by atoms with Gasteiger partial charge in [-0.2, -0.15) is 0 Å². The molecule has 4 nitrogen and oxygen atoms in total. The molecule has 0 spiro atoms. The van der Waals surface area contributed by atoms with Gasteiger partial charge in [0.1, 0.15) is 0 Å². The molecule has 0 amide bonds. The smallest absolute Gasteiger partial charge is 0.338 e. The highest BCUT2D eigenvalue weighted by Crippen LogP contribution is 2.26. The number of anilines is 2. The van der Waals surface area contributed by atoms with Crippen molar-refractivity contribution in [3.05, 3.63) is 65.9 Å². The average molecular weight is 334 g/mol. The van der Waals surface area contributed by atoms with Crippen molar-refractivity contribution < 1.29 is 9.53 Å². The van der Waals surface area contributed by atoms with Crippen molar-refractivity contribution in [1.82, 2.24) is 4.98 Å². The van der Waals surface area contributed by atoms with Crippen LogP contribution >= 0.6 is 0 Å². The summed E-state index contributed by atoms with van der Waals surface area (Å²) in [6, 6.07) is 15.4. The van der Waals surface area contributed by atoms with Gasteiger partial charge in [-0.05, 0) is 48.7 Å². The Morgan fingerprint density at radius 2 is 1.88 bits per heavy atom. The van der Waals surface area contributed by atoms with Gasteiger partial charge in [0.25, 0.3) is 0 Å². The van der Waals surface area contributed by atoms with Gasteiger partial charge in [0.2, 0.25) is 0 Å². The Balaban J connectivity index is 1.78. The molecule has 3 aromatic rings. The lowest BCUT2D eigenvalue weighted by Crippen LogP contribution is -2.10. The predicted molar refractivity (Wildman–Crippen MR) is 101 cm³/mol. The van der Waals surface area contributed by atoms with Crippen molar-refractivity contribution in [2.45, 2.75) is 20.8 Å². The molecule has 0 aliphatic heterocycles. The van der Waals surface area contributed by atoms with Gasteiger partial charge in [-0.15, -0.1) is 0 Å². The van der Waals surface area contributed by atoms with Crippen LogP contribution in [0.2, 0.25) is 0 Å².